The van der Waals surface area contributed by atoms with Crippen LogP contribution in [0.2, 0.25) is 0 Å². The van der Waals surface area contributed by atoms with Crippen molar-refractivity contribution in [3.05, 3.63) is 209 Å². The topological polar surface area (TPSA) is 110 Å². The summed E-state index contributed by atoms with van der Waals surface area (Å²) in [5.74, 6) is -48.4. The fourth-order valence-corrected chi connectivity index (χ4v) is 6.36. The smallest absolute Gasteiger partial charge is 0.344 e. The molecule has 0 saturated heterocycles. The Morgan fingerprint density at radius 2 is 0.718 bits per heavy atom. The maximum absolute atomic E-state index is 15.5. The zero-order chi connectivity index (χ0) is 58.2. The van der Waals surface area contributed by atoms with Crippen molar-refractivity contribution in [1.82, 2.24) is 0 Å². The maximum atomic E-state index is 15.5. The summed E-state index contributed by atoms with van der Waals surface area (Å²) in [5, 5.41) is 0. The largest absolute Gasteiger partial charge is 0.452 e. The molecule has 0 aliphatic carbocycles. The first kappa shape index (κ1) is 60.1. The van der Waals surface area contributed by atoms with E-state index >= 15 is 52.7 Å². The summed E-state index contributed by atoms with van der Waals surface area (Å²) in [6.07, 6.45) is -10.1. The number of ether oxygens (including phenoxy) is 6. The van der Waals surface area contributed by atoms with Crippen LogP contribution in [-0.2, 0) is 10.1 Å². The zero-order valence-electron chi connectivity index (χ0n) is 36.6. The Labute approximate surface area is 418 Å². The number of hydrogen-bond acceptors (Lipinski definition) is 8. The van der Waals surface area contributed by atoms with Gasteiger partial charge in [0.05, 0.1) is 34.9 Å². The van der Waals surface area contributed by atoms with Crippen LogP contribution in [0.15, 0.2) is 167 Å². The summed E-state index contributed by atoms with van der Waals surface area (Å²) < 4.78 is 375. The highest BCUT2D eigenvalue weighted by Gasteiger charge is 2.37. The van der Waals surface area contributed by atoms with Crippen LogP contribution < -0.4 is 28.4 Å². The second kappa shape index (κ2) is 24.9. The molecular formula is C46H16F22O9S. The molecule has 78 heavy (non-hydrogen) atoms. The summed E-state index contributed by atoms with van der Waals surface area (Å²) in [4.78, 5) is -1.88. The lowest BCUT2D eigenvalue weighted by Crippen LogP contribution is -2.10. The van der Waals surface area contributed by atoms with Gasteiger partial charge in [-0.15, -0.1) is 0 Å². The molecule has 0 saturated carbocycles. The van der Waals surface area contributed by atoms with Gasteiger partial charge in [-0.1, -0.05) is 0 Å². The normalized spacial score (nSPS) is 13.1. The summed E-state index contributed by atoms with van der Waals surface area (Å²) >= 11 is 0. The molecule has 5 aromatic carbocycles. The molecule has 5 aromatic rings. The van der Waals surface area contributed by atoms with Crippen LogP contribution in [0.3, 0.4) is 0 Å². The van der Waals surface area contributed by atoms with Crippen LogP contribution >= 0.6 is 0 Å². The molecule has 1 N–H and O–H groups in total. The number of benzene rings is 5. The summed E-state index contributed by atoms with van der Waals surface area (Å²) in [6, 6.07) is 0.438. The Bertz CT molecular complexity index is 3490. The number of allylic oxidation sites excluding steroid dienone is 6. The zero-order valence-corrected chi connectivity index (χ0v) is 37.4. The van der Waals surface area contributed by atoms with Gasteiger partial charge in [-0.25, -0.2) is 43.9 Å². The summed E-state index contributed by atoms with van der Waals surface area (Å²) in [5.41, 5.74) is -9.69. The van der Waals surface area contributed by atoms with Crippen molar-refractivity contribution < 1.29 is 138 Å². The third kappa shape index (κ3) is 13.0. The SMILES string of the molecule is O=S(=O)(O)c1cc(OC(=C\F)/C(F)=C(/F)C(=CF)C(=C\F)/C(F)=C(F)\C(=C\F)Oc2ccc(OC(F)=C(F)F)cc2)ccc1Oc1c(F)c(F)c(-c2c(F)c(F)c(Oc3ccc(OC(F)=C(F)F)cc3)c(F)c2F)c(F)c1F. The molecule has 0 atom stereocenters. The molecule has 5 rings (SSSR count). The van der Waals surface area contributed by atoms with Crippen molar-refractivity contribution in [2.75, 3.05) is 0 Å². The van der Waals surface area contributed by atoms with E-state index in [1.807, 2.05) is 0 Å². The molecule has 0 radical (unpaired) electrons. The molecule has 0 bridgehead atoms. The fourth-order valence-electron chi connectivity index (χ4n) is 5.73. The van der Waals surface area contributed by atoms with Gasteiger partial charge in [0.15, 0.2) is 46.4 Å². The standard InChI is InChI=1S/C46H16F22O9S/c47-12-21(29(51)31(53)24(14-49)72-16-1-5-18(6-2-16)75-45(67)43(63)64)22(13-48)30(52)32(54)25(15-50)73-20-9-10-23(26(11-20)78(69,70)71)77-42-39(61)35(57)28(36(58)40(42)62)27-33(55)37(59)41(38(60)34(27)56)74-17-3-7-19(8-4-17)76-46(68)44(65)66/h1-15H,(H,69,70,71)/b21-12+,22-13?,24-14-,25-15-,31-29-,32-30-. The quantitative estimate of drug-likeness (QED) is 0.0284. The molecule has 0 aromatic heterocycles. The highest BCUT2D eigenvalue weighted by atomic mass is 32.2. The highest BCUT2D eigenvalue weighted by molar-refractivity contribution is 7.86. The molecule has 0 heterocycles. The highest BCUT2D eigenvalue weighted by Crippen LogP contribution is 2.45. The molecule has 414 valence electrons. The average molecular weight is 1160 g/mol. The van der Waals surface area contributed by atoms with Crippen LogP contribution in [-0.4, -0.2) is 13.0 Å². The van der Waals surface area contributed by atoms with E-state index in [2.05, 4.69) is 28.4 Å². The predicted molar refractivity (Wildman–Crippen MR) is 219 cm³/mol. The molecule has 0 spiro atoms. The van der Waals surface area contributed by atoms with Crippen molar-refractivity contribution in [3.63, 3.8) is 0 Å². The first-order valence-corrected chi connectivity index (χ1v) is 20.9. The summed E-state index contributed by atoms with van der Waals surface area (Å²) in [7, 11) is -5.95. The Morgan fingerprint density at radius 1 is 0.397 bits per heavy atom. The molecule has 0 amide bonds. The predicted octanol–water partition coefficient (Wildman–Crippen LogP) is 17.2. The minimum Gasteiger partial charge on any atom is -0.452 e. The molecule has 0 aliphatic rings. The Hall–Kier alpha value is -8.81. The van der Waals surface area contributed by atoms with Crippen molar-refractivity contribution in [2.24, 2.45) is 0 Å². The minimum atomic E-state index is -5.95. The van der Waals surface area contributed by atoms with Crippen LogP contribution in [0.25, 0.3) is 11.1 Å². The van der Waals surface area contributed by atoms with Crippen LogP contribution in [0.4, 0.5) is 96.6 Å². The second-order valence-electron chi connectivity index (χ2n) is 13.9. The third-order valence-electron chi connectivity index (χ3n) is 9.13. The molecule has 32 heteroatoms. The van der Waals surface area contributed by atoms with Crippen molar-refractivity contribution in [3.8, 4) is 57.1 Å². The summed E-state index contributed by atoms with van der Waals surface area (Å²) in [6.45, 7) is 0. The van der Waals surface area contributed by atoms with Gasteiger partial charge < -0.3 is 28.4 Å². The van der Waals surface area contributed by atoms with E-state index in [1.54, 1.807) is 0 Å². The van der Waals surface area contributed by atoms with Crippen molar-refractivity contribution >= 4 is 10.1 Å². The number of hydrogen-bond donors (Lipinski definition) is 1. The van der Waals surface area contributed by atoms with E-state index in [1.165, 1.54) is 0 Å². The lowest BCUT2D eigenvalue weighted by Gasteiger charge is -2.17. The fraction of sp³-hybridized carbons (Fsp3) is 0. The van der Waals surface area contributed by atoms with Gasteiger partial charge in [-0.05, 0) is 60.7 Å². The lowest BCUT2D eigenvalue weighted by molar-refractivity contribution is 0.241. The minimum absolute atomic E-state index is 0.0719. The third-order valence-corrected chi connectivity index (χ3v) is 10.0. The monoisotopic (exact) mass is 1160 g/mol. The molecular weight excluding hydrogens is 1150 g/mol. The van der Waals surface area contributed by atoms with E-state index in [4.69, 9.17) is 0 Å². The first-order chi connectivity index (χ1) is 36.6. The molecule has 0 aliphatic heterocycles. The Morgan fingerprint density at radius 3 is 1.05 bits per heavy atom. The van der Waals surface area contributed by atoms with Gasteiger partial charge >= 0.3 is 24.2 Å². The average Bonchev–Trinajstić information content (AvgIpc) is 3.53. The van der Waals surface area contributed by atoms with E-state index in [-0.39, 0.29) is 18.2 Å². The Kier molecular flexibility index (Phi) is 19.2. The first-order valence-electron chi connectivity index (χ1n) is 19.5. The van der Waals surface area contributed by atoms with Gasteiger partial charge in [-0.2, -0.15) is 61.1 Å². The number of halogens is 22. The van der Waals surface area contributed by atoms with E-state index < -0.39 is 214 Å². The van der Waals surface area contributed by atoms with Gasteiger partial charge in [0.2, 0.25) is 46.4 Å². The van der Waals surface area contributed by atoms with Gasteiger partial charge in [-0.3, -0.25) is 4.55 Å². The molecule has 9 nitrogen and oxygen atoms in total. The molecule has 0 unspecified atom stereocenters. The van der Waals surface area contributed by atoms with Gasteiger partial charge in [0.25, 0.3) is 10.1 Å². The van der Waals surface area contributed by atoms with E-state index in [9.17, 15) is 56.9 Å². The maximum Gasteiger partial charge on any atom is 0.344 e. The number of rotatable bonds is 19. The van der Waals surface area contributed by atoms with Gasteiger partial charge in [0.1, 0.15) is 52.1 Å². The van der Waals surface area contributed by atoms with Gasteiger partial charge in [0, 0.05) is 6.07 Å². The van der Waals surface area contributed by atoms with Crippen LogP contribution in [0.1, 0.15) is 0 Å². The molecule has 0 fully saturated rings. The van der Waals surface area contributed by atoms with Crippen molar-refractivity contribution in [2.45, 2.75) is 4.90 Å². The van der Waals surface area contributed by atoms with Crippen LogP contribution in [0.5, 0.6) is 46.0 Å². The van der Waals surface area contributed by atoms with Crippen molar-refractivity contribution in [1.29, 1.82) is 0 Å². The van der Waals surface area contributed by atoms with Crippen LogP contribution in [0, 0.1) is 46.5 Å². The van der Waals surface area contributed by atoms with E-state index in [0.29, 0.717) is 48.5 Å². The Balaban J connectivity index is 1.44. The lowest BCUT2D eigenvalue weighted by atomic mass is 10.0. The van der Waals surface area contributed by atoms with E-state index in [0.717, 1.165) is 0 Å². The second-order valence-corrected chi connectivity index (χ2v) is 15.3.